The van der Waals surface area contributed by atoms with Crippen LogP contribution in [0.5, 0.6) is 11.5 Å². The van der Waals surface area contributed by atoms with Crippen molar-refractivity contribution in [2.45, 2.75) is 72.3 Å². The van der Waals surface area contributed by atoms with Crippen LogP contribution in [0.25, 0.3) is 5.76 Å². The van der Waals surface area contributed by atoms with Gasteiger partial charge in [-0.1, -0.05) is 77.9 Å². The number of hydrogen-bond donors (Lipinski definition) is 1. The van der Waals surface area contributed by atoms with Crippen LogP contribution < -0.4 is 14.4 Å². The highest BCUT2D eigenvalue weighted by Gasteiger charge is 2.48. The Balaban J connectivity index is 1.94. The fraction of sp³-hybridized carbons (Fsp3) is 0.371. The molecule has 1 aliphatic rings. The van der Waals surface area contributed by atoms with Gasteiger partial charge in [0.25, 0.3) is 11.7 Å². The molecule has 6 heteroatoms. The summed E-state index contributed by atoms with van der Waals surface area (Å²) in [6.07, 6.45) is 0.792. The summed E-state index contributed by atoms with van der Waals surface area (Å²) in [5.41, 5.74) is 3.68. The predicted octanol–water partition coefficient (Wildman–Crippen LogP) is 7.92. The minimum Gasteiger partial charge on any atom is -0.507 e. The Hall–Kier alpha value is -4.06. The van der Waals surface area contributed by atoms with E-state index in [9.17, 15) is 14.7 Å². The van der Waals surface area contributed by atoms with E-state index >= 15 is 0 Å². The van der Waals surface area contributed by atoms with Crippen molar-refractivity contribution in [2.75, 3.05) is 18.1 Å². The number of ketones is 1. The third-order valence-electron chi connectivity index (χ3n) is 7.33. The summed E-state index contributed by atoms with van der Waals surface area (Å²) < 4.78 is 11.8. The quantitative estimate of drug-likeness (QED) is 0.165. The van der Waals surface area contributed by atoms with Gasteiger partial charge in [-0.25, -0.2) is 0 Å². The minimum atomic E-state index is -0.843. The van der Waals surface area contributed by atoms with E-state index in [-0.39, 0.29) is 22.7 Å². The molecule has 1 saturated heterocycles. The zero-order valence-electron chi connectivity index (χ0n) is 25.2. The van der Waals surface area contributed by atoms with Crippen molar-refractivity contribution in [3.05, 3.63) is 94.6 Å². The van der Waals surface area contributed by atoms with E-state index in [4.69, 9.17) is 9.47 Å². The van der Waals surface area contributed by atoms with Crippen molar-refractivity contribution in [2.24, 2.45) is 0 Å². The van der Waals surface area contributed by atoms with Gasteiger partial charge in [-0.2, -0.15) is 0 Å². The van der Waals surface area contributed by atoms with Crippen molar-refractivity contribution >= 4 is 23.1 Å². The first-order valence-electron chi connectivity index (χ1n) is 14.4. The maximum Gasteiger partial charge on any atom is 0.300 e. The number of nitrogens with zero attached hydrogens (tertiary/aromatic N) is 1. The van der Waals surface area contributed by atoms with Crippen LogP contribution in [-0.2, 0) is 15.0 Å². The van der Waals surface area contributed by atoms with E-state index in [2.05, 4.69) is 20.8 Å². The number of amides is 1. The van der Waals surface area contributed by atoms with Crippen LogP contribution in [0.2, 0.25) is 0 Å². The van der Waals surface area contributed by atoms with E-state index in [1.807, 2.05) is 76.2 Å². The Morgan fingerprint density at radius 1 is 0.927 bits per heavy atom. The van der Waals surface area contributed by atoms with Crippen LogP contribution in [-0.4, -0.2) is 30.0 Å². The van der Waals surface area contributed by atoms with Crippen LogP contribution in [0.1, 0.15) is 89.1 Å². The van der Waals surface area contributed by atoms with Gasteiger partial charge in [-0.15, -0.1) is 0 Å². The van der Waals surface area contributed by atoms with E-state index < -0.39 is 17.7 Å². The van der Waals surface area contributed by atoms with Gasteiger partial charge in [0, 0.05) is 5.56 Å². The molecule has 0 bridgehead atoms. The number of hydrogen-bond acceptors (Lipinski definition) is 5. The highest BCUT2D eigenvalue weighted by atomic mass is 16.5. The Bertz CT molecular complexity index is 1450. The van der Waals surface area contributed by atoms with E-state index in [1.165, 1.54) is 4.90 Å². The molecule has 3 aromatic carbocycles. The summed E-state index contributed by atoms with van der Waals surface area (Å²) in [7, 11) is 0. The van der Waals surface area contributed by atoms with Crippen molar-refractivity contribution in [3.63, 3.8) is 0 Å². The fourth-order valence-electron chi connectivity index (χ4n) is 5.14. The second-order valence-corrected chi connectivity index (χ2v) is 11.7. The first kappa shape index (κ1) is 29.9. The number of Topliss-reactive ketones (excluding diaryl/α,β-unsaturated/α-hetero) is 1. The molecule has 6 nitrogen and oxygen atoms in total. The summed E-state index contributed by atoms with van der Waals surface area (Å²) in [5, 5.41) is 11.7. The molecule has 0 radical (unpaired) electrons. The van der Waals surface area contributed by atoms with Gasteiger partial charge in [0.2, 0.25) is 0 Å². The van der Waals surface area contributed by atoms with Crippen LogP contribution in [0.3, 0.4) is 0 Å². The molecule has 4 rings (SSSR count). The molecule has 1 fully saturated rings. The lowest BCUT2D eigenvalue weighted by atomic mass is 9.85. The van der Waals surface area contributed by atoms with E-state index in [0.717, 1.165) is 28.9 Å². The van der Waals surface area contributed by atoms with Crippen LogP contribution in [0.15, 0.2) is 72.3 Å². The first-order chi connectivity index (χ1) is 19.5. The van der Waals surface area contributed by atoms with Gasteiger partial charge >= 0.3 is 0 Å². The number of ether oxygens (including phenoxy) is 2. The summed E-state index contributed by atoms with van der Waals surface area (Å²) in [4.78, 5) is 29.0. The summed E-state index contributed by atoms with van der Waals surface area (Å²) in [6, 6.07) is 19.7. The molecule has 0 aliphatic carbocycles. The molecule has 3 aromatic rings. The molecule has 41 heavy (non-hydrogen) atoms. The Morgan fingerprint density at radius 2 is 1.61 bits per heavy atom. The van der Waals surface area contributed by atoms with E-state index in [1.54, 1.807) is 18.2 Å². The number of carbonyl (C=O) groups excluding carboxylic acids is 2. The van der Waals surface area contributed by atoms with Crippen LogP contribution >= 0.6 is 0 Å². The minimum absolute atomic E-state index is 0.0441. The zero-order valence-corrected chi connectivity index (χ0v) is 25.2. The normalized spacial score (nSPS) is 16.9. The number of para-hydroxylation sites is 2. The molecule has 0 aromatic heterocycles. The van der Waals surface area contributed by atoms with Crippen LogP contribution in [0, 0.1) is 0 Å². The number of aliphatic hydroxyl groups is 1. The van der Waals surface area contributed by atoms with Gasteiger partial charge in [0.05, 0.1) is 30.5 Å². The van der Waals surface area contributed by atoms with Gasteiger partial charge < -0.3 is 14.6 Å². The first-order valence-corrected chi connectivity index (χ1v) is 14.4. The van der Waals surface area contributed by atoms with Crippen molar-refractivity contribution in [3.8, 4) is 11.5 Å². The molecule has 1 amide bonds. The van der Waals surface area contributed by atoms with Gasteiger partial charge in [-0.3, -0.25) is 14.5 Å². The van der Waals surface area contributed by atoms with Gasteiger partial charge in [-0.05, 0) is 71.7 Å². The van der Waals surface area contributed by atoms with E-state index in [0.29, 0.717) is 30.2 Å². The molecule has 1 N–H and O–H groups in total. The average Bonchev–Trinajstić information content (AvgIpc) is 3.21. The molecule has 1 aliphatic heterocycles. The zero-order chi connectivity index (χ0) is 29.9. The number of carbonyl (C=O) groups is 2. The molecular weight excluding hydrogens is 514 g/mol. The maximum atomic E-state index is 13.8. The monoisotopic (exact) mass is 555 g/mol. The Kier molecular flexibility index (Phi) is 8.91. The lowest BCUT2D eigenvalue weighted by Crippen LogP contribution is -2.30. The number of benzene rings is 3. The molecule has 1 unspecified atom stereocenters. The molecule has 0 spiro atoms. The number of anilines is 1. The van der Waals surface area contributed by atoms with Gasteiger partial charge in [0.1, 0.15) is 17.3 Å². The Labute approximate surface area is 243 Å². The average molecular weight is 556 g/mol. The van der Waals surface area contributed by atoms with Gasteiger partial charge in [0.15, 0.2) is 0 Å². The number of aliphatic hydroxyl groups excluding tert-OH is 1. The standard InChI is InChI=1S/C35H41NO5/c1-8-20-41-29-13-11-10-12-27(29)36-31(23-14-17-25(18-15-23)35(5,6)7)30(33(38)34(36)39)32(37)24-16-19-28(40-9-2)26(21-24)22(3)4/h10-19,21-22,31,37H,8-9,20H2,1-7H3/b32-30-. The molecule has 1 atom stereocenters. The number of rotatable bonds is 9. The topological polar surface area (TPSA) is 76.1 Å². The highest BCUT2D eigenvalue weighted by Crippen LogP contribution is 2.45. The highest BCUT2D eigenvalue weighted by molar-refractivity contribution is 6.52. The molecule has 216 valence electrons. The molecular formula is C35H41NO5. The van der Waals surface area contributed by atoms with Crippen LogP contribution in [0.4, 0.5) is 5.69 Å². The summed E-state index contributed by atoms with van der Waals surface area (Å²) in [6.45, 7) is 15.4. The molecule has 0 saturated carbocycles. The third-order valence-corrected chi connectivity index (χ3v) is 7.33. The third kappa shape index (κ3) is 6.02. The lowest BCUT2D eigenvalue weighted by Gasteiger charge is -2.28. The smallest absolute Gasteiger partial charge is 0.300 e. The van der Waals surface area contributed by atoms with Crippen molar-refractivity contribution in [1.82, 2.24) is 0 Å². The molecule has 1 heterocycles. The predicted molar refractivity (Wildman–Crippen MR) is 164 cm³/mol. The van der Waals surface area contributed by atoms with Crippen molar-refractivity contribution < 1.29 is 24.2 Å². The summed E-state index contributed by atoms with van der Waals surface area (Å²) in [5.74, 6) is -0.300. The lowest BCUT2D eigenvalue weighted by molar-refractivity contribution is -0.132. The largest absolute Gasteiger partial charge is 0.507 e. The SMILES string of the molecule is CCCOc1ccccc1N1C(=O)C(=O)/C(=C(\O)c2ccc(OCC)c(C(C)C)c2)C1c1ccc(C(C)(C)C)cc1. The second kappa shape index (κ2) is 12.2. The Morgan fingerprint density at radius 3 is 2.22 bits per heavy atom. The maximum absolute atomic E-state index is 13.8. The van der Waals surface area contributed by atoms with Crippen molar-refractivity contribution in [1.29, 1.82) is 0 Å². The fourth-order valence-corrected chi connectivity index (χ4v) is 5.14. The second-order valence-electron chi connectivity index (χ2n) is 11.7. The summed E-state index contributed by atoms with van der Waals surface area (Å²) >= 11 is 0.